The van der Waals surface area contributed by atoms with E-state index in [1.807, 2.05) is 68.4 Å². The van der Waals surface area contributed by atoms with Crippen LogP contribution in [0.25, 0.3) is 32.2 Å². The number of imidazole rings is 1. The molecular formula is C30H29N5O3S. The lowest BCUT2D eigenvalue weighted by atomic mass is 10.0. The Morgan fingerprint density at radius 3 is 2.49 bits per heavy atom. The van der Waals surface area contributed by atoms with Crippen molar-refractivity contribution in [2.24, 2.45) is 5.92 Å². The number of H-pyrrole nitrogens is 1. The van der Waals surface area contributed by atoms with E-state index in [9.17, 15) is 14.4 Å². The van der Waals surface area contributed by atoms with Crippen molar-refractivity contribution in [1.82, 2.24) is 26.1 Å². The number of amides is 3. The van der Waals surface area contributed by atoms with E-state index in [0.717, 1.165) is 32.2 Å². The van der Waals surface area contributed by atoms with Crippen LogP contribution in [0.15, 0.2) is 78.9 Å². The minimum Gasteiger partial charge on any atom is -0.344 e. The Morgan fingerprint density at radius 1 is 0.897 bits per heavy atom. The summed E-state index contributed by atoms with van der Waals surface area (Å²) < 4.78 is 0. The van der Waals surface area contributed by atoms with Crippen molar-refractivity contribution in [3.63, 3.8) is 0 Å². The van der Waals surface area contributed by atoms with E-state index >= 15 is 0 Å². The van der Waals surface area contributed by atoms with Crippen LogP contribution in [0.2, 0.25) is 0 Å². The van der Waals surface area contributed by atoms with Crippen LogP contribution in [-0.2, 0) is 16.0 Å². The molecule has 2 heterocycles. The zero-order chi connectivity index (χ0) is 27.4. The van der Waals surface area contributed by atoms with Gasteiger partial charge < -0.3 is 10.3 Å². The highest BCUT2D eigenvalue weighted by Gasteiger charge is 2.23. The molecule has 9 heteroatoms. The number of hydrazine groups is 1. The van der Waals surface area contributed by atoms with Crippen LogP contribution < -0.4 is 16.2 Å². The third-order valence-electron chi connectivity index (χ3n) is 6.31. The van der Waals surface area contributed by atoms with Crippen LogP contribution in [0.4, 0.5) is 0 Å². The predicted octanol–water partition coefficient (Wildman–Crippen LogP) is 4.98. The molecule has 0 bridgehead atoms. The van der Waals surface area contributed by atoms with Crippen molar-refractivity contribution < 1.29 is 14.4 Å². The Hall–Kier alpha value is -4.50. The Kier molecular flexibility index (Phi) is 7.69. The van der Waals surface area contributed by atoms with Gasteiger partial charge in [-0.2, -0.15) is 0 Å². The van der Waals surface area contributed by atoms with E-state index in [1.54, 1.807) is 6.07 Å². The minimum atomic E-state index is -0.809. The number of rotatable bonds is 8. The Labute approximate surface area is 229 Å². The molecule has 0 unspecified atom stereocenters. The topological polar surface area (TPSA) is 116 Å². The summed E-state index contributed by atoms with van der Waals surface area (Å²) in [6.07, 6.45) is 0.423. The molecule has 1 atom stereocenters. The maximum absolute atomic E-state index is 13.0. The summed E-state index contributed by atoms with van der Waals surface area (Å²) in [7, 11) is 0. The molecule has 39 heavy (non-hydrogen) atoms. The number of para-hydroxylation sites is 2. The van der Waals surface area contributed by atoms with Crippen molar-refractivity contribution in [3.8, 4) is 10.4 Å². The zero-order valence-corrected chi connectivity index (χ0v) is 22.5. The summed E-state index contributed by atoms with van der Waals surface area (Å²) in [4.78, 5) is 47.5. The summed E-state index contributed by atoms with van der Waals surface area (Å²) in [6.45, 7) is 3.93. The normalized spacial score (nSPS) is 12.0. The van der Waals surface area contributed by atoms with Gasteiger partial charge in [0.1, 0.15) is 11.9 Å². The van der Waals surface area contributed by atoms with Crippen molar-refractivity contribution in [3.05, 3.63) is 89.6 Å². The van der Waals surface area contributed by atoms with Gasteiger partial charge in [0.15, 0.2) is 0 Å². The first kappa shape index (κ1) is 26.1. The molecule has 0 aliphatic rings. The van der Waals surface area contributed by atoms with Crippen LogP contribution in [0.5, 0.6) is 0 Å². The number of carbonyl (C=O) groups is 3. The first-order valence-electron chi connectivity index (χ1n) is 12.8. The maximum Gasteiger partial charge on any atom is 0.279 e. The smallest absolute Gasteiger partial charge is 0.279 e. The number of carbonyl (C=O) groups excluding carboxylic acids is 3. The molecule has 0 saturated carbocycles. The molecule has 0 aliphatic heterocycles. The van der Waals surface area contributed by atoms with Gasteiger partial charge in [0.25, 0.3) is 11.8 Å². The number of hydrogen-bond donors (Lipinski definition) is 4. The van der Waals surface area contributed by atoms with Gasteiger partial charge in [0, 0.05) is 4.88 Å². The molecule has 0 saturated heterocycles. The lowest BCUT2D eigenvalue weighted by Crippen LogP contribution is -2.52. The van der Waals surface area contributed by atoms with Crippen LogP contribution in [0, 0.1) is 5.92 Å². The molecular weight excluding hydrogens is 510 g/mol. The summed E-state index contributed by atoms with van der Waals surface area (Å²) in [5.41, 5.74) is 7.65. The Bertz CT molecular complexity index is 1620. The zero-order valence-electron chi connectivity index (χ0n) is 21.7. The van der Waals surface area contributed by atoms with Crippen molar-refractivity contribution in [2.75, 3.05) is 0 Å². The standard InChI is InChI=1S/C30H29N5O3S/c1-18(2)16-24(33-28(36)17-27-31-22-12-5-6-13-23(22)32-27)29(37)34-35-30(38)26-15-14-25(39-26)21-11-7-9-19-8-3-4-10-20(19)21/h3-15,18,24H,16-17H2,1-2H3,(H,31,32)(H,33,36)(H,34,37)(H,35,38)/t24-/m0/s1. The molecule has 0 spiro atoms. The second-order valence-corrected chi connectivity index (χ2v) is 10.8. The highest BCUT2D eigenvalue weighted by molar-refractivity contribution is 7.17. The first-order valence-corrected chi connectivity index (χ1v) is 13.6. The molecule has 5 rings (SSSR count). The molecule has 0 aliphatic carbocycles. The second kappa shape index (κ2) is 11.5. The second-order valence-electron chi connectivity index (χ2n) is 9.76. The Balaban J connectivity index is 1.21. The average Bonchev–Trinajstić information content (AvgIpc) is 3.57. The quantitative estimate of drug-likeness (QED) is 0.208. The van der Waals surface area contributed by atoms with Crippen molar-refractivity contribution in [1.29, 1.82) is 0 Å². The first-order chi connectivity index (χ1) is 18.9. The van der Waals surface area contributed by atoms with Crippen LogP contribution in [0.3, 0.4) is 0 Å². The Morgan fingerprint density at radius 2 is 1.67 bits per heavy atom. The summed E-state index contributed by atoms with van der Waals surface area (Å²) in [6, 6.07) is 24.5. The monoisotopic (exact) mass is 539 g/mol. The van der Waals surface area contributed by atoms with E-state index in [0.29, 0.717) is 17.1 Å². The third kappa shape index (κ3) is 6.15. The largest absolute Gasteiger partial charge is 0.344 e. The summed E-state index contributed by atoms with van der Waals surface area (Å²) >= 11 is 1.35. The number of benzene rings is 3. The SMILES string of the molecule is CC(C)C[C@H](NC(=O)Cc1nc2ccccc2[nH]1)C(=O)NNC(=O)c1ccc(-c2cccc3ccccc23)s1. The fourth-order valence-electron chi connectivity index (χ4n) is 4.50. The highest BCUT2D eigenvalue weighted by atomic mass is 32.1. The van der Waals surface area contributed by atoms with Crippen LogP contribution in [0.1, 0.15) is 35.8 Å². The highest BCUT2D eigenvalue weighted by Crippen LogP contribution is 2.33. The minimum absolute atomic E-state index is 0.00898. The van der Waals surface area contributed by atoms with Gasteiger partial charge in [-0.15, -0.1) is 11.3 Å². The fraction of sp³-hybridized carbons (Fsp3) is 0.200. The molecule has 0 radical (unpaired) electrons. The fourth-order valence-corrected chi connectivity index (χ4v) is 5.44. The van der Waals surface area contributed by atoms with Crippen molar-refractivity contribution >= 4 is 50.9 Å². The number of fused-ring (bicyclic) bond motifs is 2. The molecule has 2 aromatic heterocycles. The van der Waals surface area contributed by atoms with E-state index in [4.69, 9.17) is 0 Å². The van der Waals surface area contributed by atoms with Gasteiger partial charge in [-0.3, -0.25) is 25.2 Å². The molecule has 8 nitrogen and oxygen atoms in total. The predicted molar refractivity (Wildman–Crippen MR) is 154 cm³/mol. The molecule has 3 amide bonds. The summed E-state index contributed by atoms with van der Waals surface area (Å²) in [5.74, 6) is -0.578. The van der Waals surface area contributed by atoms with E-state index in [-0.39, 0.29) is 18.2 Å². The van der Waals surface area contributed by atoms with Gasteiger partial charge >= 0.3 is 0 Å². The number of aromatic amines is 1. The van der Waals surface area contributed by atoms with Gasteiger partial charge in [-0.25, -0.2) is 4.98 Å². The average molecular weight is 540 g/mol. The number of aromatic nitrogens is 2. The molecule has 5 aromatic rings. The van der Waals surface area contributed by atoms with Crippen LogP contribution >= 0.6 is 11.3 Å². The molecule has 198 valence electrons. The number of nitrogens with zero attached hydrogens (tertiary/aromatic N) is 1. The van der Waals surface area contributed by atoms with E-state index in [2.05, 4.69) is 44.3 Å². The van der Waals surface area contributed by atoms with E-state index in [1.165, 1.54) is 11.3 Å². The van der Waals surface area contributed by atoms with Crippen molar-refractivity contribution in [2.45, 2.75) is 32.7 Å². The number of hydrogen-bond acceptors (Lipinski definition) is 5. The van der Waals surface area contributed by atoms with Gasteiger partial charge in [-0.05, 0) is 52.9 Å². The molecule has 3 aromatic carbocycles. The van der Waals surface area contributed by atoms with Gasteiger partial charge in [0.2, 0.25) is 5.91 Å². The van der Waals surface area contributed by atoms with E-state index < -0.39 is 17.9 Å². The lowest BCUT2D eigenvalue weighted by molar-refractivity contribution is -0.129. The van der Waals surface area contributed by atoms with Gasteiger partial charge in [0.05, 0.1) is 22.3 Å². The van der Waals surface area contributed by atoms with Gasteiger partial charge in [-0.1, -0.05) is 68.4 Å². The number of thiophene rings is 1. The number of nitrogens with one attached hydrogen (secondary N) is 4. The molecule has 0 fully saturated rings. The van der Waals surface area contributed by atoms with Crippen LogP contribution in [-0.4, -0.2) is 33.7 Å². The maximum atomic E-state index is 13.0. The third-order valence-corrected chi connectivity index (χ3v) is 7.43. The summed E-state index contributed by atoms with van der Waals surface area (Å²) in [5, 5.41) is 5.02. The lowest BCUT2D eigenvalue weighted by Gasteiger charge is -2.20. The molecule has 4 N–H and O–H groups in total.